The number of rotatable bonds is 4. The van der Waals surface area contributed by atoms with E-state index >= 15 is 0 Å². The molecule has 1 heterocycles. The molecule has 5 nitrogen and oxygen atoms in total. The van der Waals surface area contributed by atoms with Crippen molar-refractivity contribution in [2.75, 3.05) is 18.2 Å². The van der Waals surface area contributed by atoms with Crippen molar-refractivity contribution in [1.29, 1.82) is 0 Å². The molecule has 7 heteroatoms. The lowest BCUT2D eigenvalue weighted by Crippen LogP contribution is -2.13. The second-order valence-electron chi connectivity index (χ2n) is 5.15. The first-order valence-corrected chi connectivity index (χ1v) is 7.82. The van der Waals surface area contributed by atoms with Crippen LogP contribution in [0.2, 0.25) is 10.0 Å². The zero-order chi connectivity index (χ0) is 17.3. The van der Waals surface area contributed by atoms with Crippen molar-refractivity contribution in [2.24, 2.45) is 0 Å². The van der Waals surface area contributed by atoms with Crippen molar-refractivity contribution < 1.29 is 13.9 Å². The van der Waals surface area contributed by atoms with Crippen molar-refractivity contribution in [3.8, 4) is 0 Å². The summed E-state index contributed by atoms with van der Waals surface area (Å²) in [6.45, 7) is 0.253. The van der Waals surface area contributed by atoms with Crippen molar-refractivity contribution in [3.05, 3.63) is 57.8 Å². The van der Waals surface area contributed by atoms with E-state index in [0.29, 0.717) is 16.8 Å². The van der Waals surface area contributed by atoms with Crippen molar-refractivity contribution >= 4 is 51.5 Å². The van der Waals surface area contributed by atoms with E-state index < -0.39 is 5.91 Å². The number of ether oxygens (including phenoxy) is 1. The van der Waals surface area contributed by atoms with Gasteiger partial charge in [-0.3, -0.25) is 4.79 Å². The van der Waals surface area contributed by atoms with Gasteiger partial charge in [-0.2, -0.15) is 0 Å². The number of hydrogen-bond donors (Lipinski definition) is 2. The zero-order valence-electron chi connectivity index (χ0n) is 12.7. The minimum Gasteiger partial charge on any atom is -0.451 e. The SMILES string of the molecule is COCc1c(C(=O)Nc2cc(Cl)c(N)c(Cl)c2)oc2ccccc12. The average molecular weight is 365 g/mol. The highest BCUT2D eigenvalue weighted by Gasteiger charge is 2.21. The second kappa shape index (κ2) is 6.73. The molecule has 0 atom stereocenters. The molecular formula is C17H14Cl2N2O3. The first-order valence-electron chi connectivity index (χ1n) is 7.06. The molecule has 0 unspecified atom stereocenters. The third-order valence-corrected chi connectivity index (χ3v) is 4.16. The van der Waals surface area contributed by atoms with Crippen LogP contribution in [0, 0.1) is 0 Å². The summed E-state index contributed by atoms with van der Waals surface area (Å²) >= 11 is 12.0. The normalized spacial score (nSPS) is 11.0. The Bertz CT molecular complexity index is 898. The summed E-state index contributed by atoms with van der Waals surface area (Å²) in [5, 5.41) is 4.07. The Morgan fingerprint density at radius 2 is 1.92 bits per heavy atom. The Kier molecular flexibility index (Phi) is 4.66. The Balaban J connectivity index is 1.98. The van der Waals surface area contributed by atoms with E-state index in [9.17, 15) is 4.79 Å². The van der Waals surface area contributed by atoms with Crippen molar-refractivity contribution in [3.63, 3.8) is 0 Å². The molecule has 2 aromatic carbocycles. The van der Waals surface area contributed by atoms with Gasteiger partial charge in [0.25, 0.3) is 5.91 Å². The number of furan rings is 1. The number of nitrogens with one attached hydrogen (secondary N) is 1. The number of halogens is 2. The number of carbonyl (C=O) groups is 1. The second-order valence-corrected chi connectivity index (χ2v) is 5.96. The lowest BCUT2D eigenvalue weighted by atomic mass is 10.1. The average Bonchev–Trinajstić information content (AvgIpc) is 2.92. The molecule has 0 aliphatic rings. The number of para-hydroxylation sites is 1. The Labute approximate surface area is 148 Å². The molecule has 0 bridgehead atoms. The van der Waals surface area contributed by atoms with Crippen LogP contribution >= 0.6 is 23.2 Å². The van der Waals surface area contributed by atoms with Gasteiger partial charge in [0, 0.05) is 23.7 Å². The minimum absolute atomic E-state index is 0.183. The molecule has 0 fully saturated rings. The number of amides is 1. The van der Waals surface area contributed by atoms with Gasteiger partial charge in [0.1, 0.15) is 5.58 Å². The van der Waals surface area contributed by atoms with Crippen LogP contribution in [0.5, 0.6) is 0 Å². The number of benzene rings is 2. The fourth-order valence-corrected chi connectivity index (χ4v) is 2.90. The van der Waals surface area contributed by atoms with Gasteiger partial charge in [0.2, 0.25) is 0 Å². The summed E-state index contributed by atoms with van der Waals surface area (Å²) in [5.41, 5.74) is 7.68. The van der Waals surface area contributed by atoms with E-state index in [1.807, 2.05) is 18.2 Å². The van der Waals surface area contributed by atoms with Crippen LogP contribution in [0.15, 0.2) is 40.8 Å². The zero-order valence-corrected chi connectivity index (χ0v) is 14.2. The number of carbonyl (C=O) groups excluding carboxylic acids is 1. The summed E-state index contributed by atoms with van der Waals surface area (Å²) in [7, 11) is 1.56. The molecule has 124 valence electrons. The number of fused-ring (bicyclic) bond motifs is 1. The third-order valence-electron chi connectivity index (χ3n) is 3.53. The van der Waals surface area contributed by atoms with Gasteiger partial charge in [-0.05, 0) is 18.2 Å². The summed E-state index contributed by atoms with van der Waals surface area (Å²) in [6, 6.07) is 10.4. The van der Waals surface area contributed by atoms with Gasteiger partial charge in [0.05, 0.1) is 22.3 Å². The van der Waals surface area contributed by atoms with Crippen LogP contribution in [0.3, 0.4) is 0 Å². The molecule has 1 amide bonds. The first-order chi connectivity index (χ1) is 11.5. The highest BCUT2D eigenvalue weighted by atomic mass is 35.5. The maximum atomic E-state index is 12.6. The number of anilines is 2. The third kappa shape index (κ3) is 3.06. The molecule has 0 saturated heterocycles. The van der Waals surface area contributed by atoms with Gasteiger partial charge >= 0.3 is 0 Å². The van der Waals surface area contributed by atoms with Gasteiger partial charge in [-0.25, -0.2) is 0 Å². The lowest BCUT2D eigenvalue weighted by molar-refractivity contribution is 0.0992. The molecule has 3 N–H and O–H groups in total. The van der Waals surface area contributed by atoms with Crippen LogP contribution in [-0.2, 0) is 11.3 Å². The molecule has 0 radical (unpaired) electrons. The molecule has 0 spiro atoms. The van der Waals surface area contributed by atoms with Gasteiger partial charge in [0.15, 0.2) is 5.76 Å². The van der Waals surface area contributed by atoms with E-state index in [0.717, 1.165) is 5.39 Å². The van der Waals surface area contributed by atoms with Crippen LogP contribution < -0.4 is 11.1 Å². The Morgan fingerprint density at radius 1 is 1.25 bits per heavy atom. The molecule has 1 aromatic heterocycles. The van der Waals surface area contributed by atoms with Gasteiger partial charge in [-0.1, -0.05) is 41.4 Å². The molecule has 0 saturated carbocycles. The van der Waals surface area contributed by atoms with E-state index in [4.69, 9.17) is 38.1 Å². The summed E-state index contributed by atoms with van der Waals surface area (Å²) < 4.78 is 10.9. The molecule has 0 aliphatic carbocycles. The topological polar surface area (TPSA) is 77.5 Å². The smallest absolute Gasteiger partial charge is 0.291 e. The van der Waals surface area contributed by atoms with E-state index in [-0.39, 0.29) is 28.1 Å². The fraction of sp³-hybridized carbons (Fsp3) is 0.118. The Morgan fingerprint density at radius 3 is 2.58 bits per heavy atom. The first kappa shape index (κ1) is 16.6. The Hall–Kier alpha value is -2.21. The van der Waals surface area contributed by atoms with Crippen LogP contribution in [0.4, 0.5) is 11.4 Å². The largest absolute Gasteiger partial charge is 0.451 e. The van der Waals surface area contributed by atoms with Crippen LogP contribution in [0.1, 0.15) is 16.1 Å². The number of hydrogen-bond acceptors (Lipinski definition) is 4. The number of nitrogens with two attached hydrogens (primary N) is 1. The van der Waals surface area contributed by atoms with Crippen LogP contribution in [-0.4, -0.2) is 13.0 Å². The standard InChI is InChI=1S/C17H14Cl2N2O3/c1-23-8-11-10-4-2-3-5-14(10)24-16(11)17(22)21-9-6-12(18)15(20)13(19)7-9/h2-7H,8,20H2,1H3,(H,21,22). The minimum atomic E-state index is -0.421. The van der Waals surface area contributed by atoms with E-state index in [1.165, 1.54) is 12.1 Å². The highest BCUT2D eigenvalue weighted by Crippen LogP contribution is 2.32. The van der Waals surface area contributed by atoms with E-state index in [1.54, 1.807) is 13.2 Å². The molecular weight excluding hydrogens is 351 g/mol. The highest BCUT2D eigenvalue weighted by molar-refractivity contribution is 6.39. The summed E-state index contributed by atoms with van der Waals surface area (Å²) in [6.07, 6.45) is 0. The maximum absolute atomic E-state index is 12.6. The molecule has 24 heavy (non-hydrogen) atoms. The predicted octanol–water partition coefficient (Wildman–Crippen LogP) is 4.72. The summed E-state index contributed by atoms with van der Waals surface area (Å²) in [5.74, 6) is -0.239. The number of nitrogen functional groups attached to an aromatic ring is 1. The van der Waals surface area contributed by atoms with E-state index in [2.05, 4.69) is 5.32 Å². The summed E-state index contributed by atoms with van der Waals surface area (Å²) in [4.78, 5) is 12.6. The maximum Gasteiger partial charge on any atom is 0.291 e. The molecule has 3 rings (SSSR count). The van der Waals surface area contributed by atoms with Crippen molar-refractivity contribution in [1.82, 2.24) is 0 Å². The predicted molar refractivity (Wildman–Crippen MR) is 95.8 cm³/mol. The van der Waals surface area contributed by atoms with Crippen LogP contribution in [0.25, 0.3) is 11.0 Å². The number of methoxy groups -OCH3 is 1. The van der Waals surface area contributed by atoms with Gasteiger partial charge < -0.3 is 20.2 Å². The molecule has 0 aliphatic heterocycles. The van der Waals surface area contributed by atoms with Gasteiger partial charge in [-0.15, -0.1) is 0 Å². The molecule has 3 aromatic rings. The monoisotopic (exact) mass is 364 g/mol. The lowest BCUT2D eigenvalue weighted by Gasteiger charge is -2.08. The van der Waals surface area contributed by atoms with Crippen molar-refractivity contribution in [2.45, 2.75) is 6.61 Å². The quantitative estimate of drug-likeness (QED) is 0.656. The fourth-order valence-electron chi connectivity index (χ4n) is 2.41.